The highest BCUT2D eigenvalue weighted by molar-refractivity contribution is 7.86. The molecule has 0 fully saturated rings. The lowest BCUT2D eigenvalue weighted by Crippen LogP contribution is -2.00. The number of benzene rings is 2. The van der Waals surface area contributed by atoms with Crippen LogP contribution in [-0.4, -0.2) is 13.0 Å². The summed E-state index contributed by atoms with van der Waals surface area (Å²) in [5, 5.41) is 1.48. The standard InChI is InChI=1S/C13H14O3S/c1-2-5-10-8-9-13(17(14,15)16)12-7-4-3-6-11(10)12/h3-4,6-9H,2,5H2,1H3,(H,14,15,16). The predicted molar refractivity (Wildman–Crippen MR) is 67.8 cm³/mol. The van der Waals surface area contributed by atoms with Gasteiger partial charge in [-0.3, -0.25) is 4.55 Å². The van der Waals surface area contributed by atoms with Gasteiger partial charge in [-0.1, -0.05) is 43.7 Å². The second kappa shape index (κ2) is 4.47. The molecule has 3 nitrogen and oxygen atoms in total. The van der Waals surface area contributed by atoms with E-state index >= 15 is 0 Å². The second-order valence-corrected chi connectivity index (χ2v) is 5.38. The third-order valence-corrected chi connectivity index (χ3v) is 3.68. The first-order chi connectivity index (χ1) is 8.04. The van der Waals surface area contributed by atoms with Crippen molar-refractivity contribution in [2.24, 2.45) is 0 Å². The van der Waals surface area contributed by atoms with Gasteiger partial charge in [0.15, 0.2) is 0 Å². The summed E-state index contributed by atoms with van der Waals surface area (Å²) in [6.45, 7) is 2.07. The quantitative estimate of drug-likeness (QED) is 0.852. The lowest BCUT2D eigenvalue weighted by molar-refractivity contribution is 0.484. The van der Waals surface area contributed by atoms with E-state index in [0.717, 1.165) is 23.8 Å². The van der Waals surface area contributed by atoms with Crippen LogP contribution in [0.25, 0.3) is 10.8 Å². The Labute approximate surface area is 101 Å². The lowest BCUT2D eigenvalue weighted by atomic mass is 10.0. The monoisotopic (exact) mass is 250 g/mol. The molecule has 0 atom stereocenters. The number of hydrogen-bond donors (Lipinski definition) is 1. The van der Waals surface area contributed by atoms with Crippen LogP contribution in [0.5, 0.6) is 0 Å². The molecule has 1 N–H and O–H groups in total. The Hall–Kier alpha value is -1.39. The summed E-state index contributed by atoms with van der Waals surface area (Å²) < 4.78 is 31.7. The van der Waals surface area contributed by atoms with E-state index in [1.807, 2.05) is 12.1 Å². The maximum atomic E-state index is 11.3. The zero-order valence-corrected chi connectivity index (χ0v) is 10.4. The molecule has 0 saturated heterocycles. The summed E-state index contributed by atoms with van der Waals surface area (Å²) in [6, 6.07) is 10.5. The molecule has 2 rings (SSSR count). The Kier molecular flexibility index (Phi) is 3.17. The van der Waals surface area contributed by atoms with Gasteiger partial charge >= 0.3 is 0 Å². The van der Waals surface area contributed by atoms with E-state index in [0.29, 0.717) is 5.39 Å². The smallest absolute Gasteiger partial charge is 0.282 e. The highest BCUT2D eigenvalue weighted by Gasteiger charge is 2.14. The van der Waals surface area contributed by atoms with Crippen LogP contribution < -0.4 is 0 Å². The first kappa shape index (κ1) is 12.1. The fourth-order valence-corrected chi connectivity index (χ4v) is 2.74. The second-order valence-electron chi connectivity index (χ2n) is 3.99. The van der Waals surface area contributed by atoms with Crippen LogP contribution in [0.3, 0.4) is 0 Å². The van der Waals surface area contributed by atoms with Crippen LogP contribution in [0.2, 0.25) is 0 Å². The fraction of sp³-hybridized carbons (Fsp3) is 0.231. The van der Waals surface area contributed by atoms with Crippen LogP contribution in [0, 0.1) is 0 Å². The van der Waals surface area contributed by atoms with E-state index in [2.05, 4.69) is 6.92 Å². The summed E-state index contributed by atoms with van der Waals surface area (Å²) in [5.74, 6) is 0. The molecule has 90 valence electrons. The van der Waals surface area contributed by atoms with E-state index in [9.17, 15) is 13.0 Å². The maximum Gasteiger partial charge on any atom is 0.295 e. The first-order valence-corrected chi connectivity index (χ1v) is 6.96. The van der Waals surface area contributed by atoms with Gasteiger partial charge in [-0.25, -0.2) is 0 Å². The van der Waals surface area contributed by atoms with Crippen molar-refractivity contribution in [2.45, 2.75) is 24.7 Å². The molecular weight excluding hydrogens is 236 g/mol. The molecule has 0 unspecified atom stereocenters. The summed E-state index contributed by atoms with van der Waals surface area (Å²) in [6.07, 6.45) is 1.89. The zero-order chi connectivity index (χ0) is 12.5. The van der Waals surface area contributed by atoms with Crippen molar-refractivity contribution in [3.8, 4) is 0 Å². The Morgan fingerprint density at radius 2 is 1.71 bits per heavy atom. The van der Waals surface area contributed by atoms with Gasteiger partial charge in [-0.2, -0.15) is 8.42 Å². The minimum atomic E-state index is -4.16. The largest absolute Gasteiger partial charge is 0.295 e. The molecule has 0 aliphatic heterocycles. The van der Waals surface area contributed by atoms with Gasteiger partial charge in [-0.05, 0) is 23.4 Å². The van der Waals surface area contributed by atoms with Crippen LogP contribution in [0.4, 0.5) is 0 Å². The predicted octanol–water partition coefficient (Wildman–Crippen LogP) is 3.04. The van der Waals surface area contributed by atoms with Gasteiger partial charge in [-0.15, -0.1) is 0 Å². The van der Waals surface area contributed by atoms with Crippen LogP contribution in [0.1, 0.15) is 18.9 Å². The summed E-state index contributed by atoms with van der Waals surface area (Å²) in [7, 11) is -4.16. The zero-order valence-electron chi connectivity index (χ0n) is 9.55. The Morgan fingerprint density at radius 3 is 2.29 bits per heavy atom. The van der Waals surface area contributed by atoms with Crippen molar-refractivity contribution in [3.63, 3.8) is 0 Å². The molecule has 0 aliphatic carbocycles. The van der Waals surface area contributed by atoms with Crippen molar-refractivity contribution in [3.05, 3.63) is 42.0 Å². The third kappa shape index (κ3) is 2.33. The highest BCUT2D eigenvalue weighted by atomic mass is 32.2. The molecule has 4 heteroatoms. The molecule has 2 aromatic rings. The topological polar surface area (TPSA) is 54.4 Å². The Bertz CT molecular complexity index is 645. The van der Waals surface area contributed by atoms with Crippen LogP contribution in [0.15, 0.2) is 41.3 Å². The third-order valence-electron chi connectivity index (χ3n) is 2.77. The van der Waals surface area contributed by atoms with Crippen molar-refractivity contribution in [2.75, 3.05) is 0 Å². The van der Waals surface area contributed by atoms with Crippen LogP contribution in [-0.2, 0) is 16.5 Å². The first-order valence-electron chi connectivity index (χ1n) is 5.52. The molecular formula is C13H14O3S. The number of fused-ring (bicyclic) bond motifs is 1. The molecule has 0 aromatic heterocycles. The Balaban J connectivity index is 2.80. The van der Waals surface area contributed by atoms with Crippen molar-refractivity contribution >= 4 is 20.9 Å². The number of rotatable bonds is 3. The molecule has 0 aliphatic rings. The molecule has 17 heavy (non-hydrogen) atoms. The van der Waals surface area contributed by atoms with Crippen molar-refractivity contribution < 1.29 is 13.0 Å². The lowest BCUT2D eigenvalue weighted by Gasteiger charge is -2.08. The van der Waals surface area contributed by atoms with E-state index < -0.39 is 10.1 Å². The van der Waals surface area contributed by atoms with Gasteiger partial charge in [0.25, 0.3) is 10.1 Å². The van der Waals surface area contributed by atoms with E-state index in [1.165, 1.54) is 6.07 Å². The van der Waals surface area contributed by atoms with Gasteiger partial charge in [0.1, 0.15) is 4.90 Å². The molecule has 0 spiro atoms. The van der Waals surface area contributed by atoms with Gasteiger partial charge < -0.3 is 0 Å². The number of hydrogen-bond acceptors (Lipinski definition) is 2. The molecule has 0 amide bonds. The molecule has 2 aromatic carbocycles. The van der Waals surface area contributed by atoms with Crippen molar-refractivity contribution in [1.82, 2.24) is 0 Å². The molecule has 0 radical (unpaired) electrons. The normalized spacial score (nSPS) is 11.9. The SMILES string of the molecule is CCCc1ccc(S(=O)(=O)O)c2ccccc12. The highest BCUT2D eigenvalue weighted by Crippen LogP contribution is 2.26. The maximum absolute atomic E-state index is 11.3. The fourth-order valence-electron chi connectivity index (χ4n) is 2.05. The van der Waals surface area contributed by atoms with E-state index in [-0.39, 0.29) is 4.90 Å². The summed E-state index contributed by atoms with van der Waals surface area (Å²) in [5.41, 5.74) is 1.11. The van der Waals surface area contributed by atoms with Crippen LogP contribution >= 0.6 is 0 Å². The van der Waals surface area contributed by atoms with Gasteiger partial charge in [0.05, 0.1) is 0 Å². The van der Waals surface area contributed by atoms with E-state index in [1.54, 1.807) is 18.2 Å². The minimum absolute atomic E-state index is 0.0204. The molecule has 0 heterocycles. The summed E-state index contributed by atoms with van der Waals surface area (Å²) >= 11 is 0. The molecule has 0 saturated carbocycles. The molecule has 0 bridgehead atoms. The van der Waals surface area contributed by atoms with Crippen molar-refractivity contribution in [1.29, 1.82) is 0 Å². The average Bonchev–Trinajstić information content (AvgIpc) is 2.28. The number of aryl methyl sites for hydroxylation is 1. The van der Waals surface area contributed by atoms with Gasteiger partial charge in [0, 0.05) is 5.39 Å². The van der Waals surface area contributed by atoms with E-state index in [4.69, 9.17) is 0 Å². The Morgan fingerprint density at radius 1 is 1.06 bits per heavy atom. The average molecular weight is 250 g/mol. The van der Waals surface area contributed by atoms with Gasteiger partial charge in [0.2, 0.25) is 0 Å². The minimum Gasteiger partial charge on any atom is -0.282 e. The summed E-state index contributed by atoms with van der Waals surface area (Å²) in [4.78, 5) is -0.0204.